The number of nitriles is 2. The molecule has 0 aliphatic rings. The van der Waals surface area contributed by atoms with Gasteiger partial charge in [-0.05, 0) is 197 Å². The van der Waals surface area contributed by atoms with Gasteiger partial charge < -0.3 is 9.13 Å². The van der Waals surface area contributed by atoms with E-state index in [1.807, 2.05) is 48.5 Å². The largest absolute Gasteiger partial charge is 0.416 e. The molecule has 0 aliphatic heterocycles. The average Bonchev–Trinajstić information content (AvgIpc) is 4.02. The number of halogens is 3. The number of rotatable bonds is 8. The molecule has 0 N–H and O–H groups in total. The summed E-state index contributed by atoms with van der Waals surface area (Å²) in [5.41, 5.74) is 20.5. The topological polar surface area (TPSA) is 57.4 Å². The van der Waals surface area contributed by atoms with E-state index < -0.39 is 11.7 Å². The van der Waals surface area contributed by atoms with Crippen LogP contribution < -0.4 is 0 Å². The van der Waals surface area contributed by atoms with E-state index in [1.165, 1.54) is 6.07 Å². The Kier molecular flexibility index (Phi) is 11.9. The average molecular weight is 1040 g/mol. The van der Waals surface area contributed by atoms with Gasteiger partial charge in [0.05, 0.1) is 62.3 Å². The third-order valence-corrected chi connectivity index (χ3v) is 16.0. The molecule has 0 spiro atoms. The van der Waals surface area contributed by atoms with E-state index in [-0.39, 0.29) is 5.56 Å². The van der Waals surface area contributed by atoms with Crippen molar-refractivity contribution in [1.29, 1.82) is 10.5 Å². The van der Waals surface area contributed by atoms with Gasteiger partial charge in [0, 0.05) is 32.7 Å². The molecule has 13 rings (SSSR count). The van der Waals surface area contributed by atoms with Crippen LogP contribution in [-0.4, -0.2) is 9.13 Å². The lowest BCUT2D eigenvalue weighted by Gasteiger charge is -2.20. The fraction of sp³-hybridized carbons (Fsp3) is 0.0685. The normalized spacial score (nSPS) is 11.7. The van der Waals surface area contributed by atoms with Gasteiger partial charge in [0.25, 0.3) is 0 Å². The van der Waals surface area contributed by atoms with Crippen LogP contribution >= 0.6 is 0 Å². The maximum Gasteiger partial charge on any atom is 0.416 e. The molecule has 0 radical (unpaired) electrons. The van der Waals surface area contributed by atoms with Crippen LogP contribution in [0.4, 0.5) is 13.2 Å². The van der Waals surface area contributed by atoms with E-state index in [4.69, 9.17) is 0 Å². The minimum Gasteiger partial charge on any atom is -0.309 e. The van der Waals surface area contributed by atoms with E-state index in [1.54, 1.807) is 0 Å². The molecular weight excluding hydrogens is 990 g/mol. The second-order valence-electron chi connectivity index (χ2n) is 20.8. The third kappa shape index (κ3) is 8.31. The Morgan fingerprint density at radius 2 is 0.675 bits per heavy atom. The number of aryl methyl sites for hydroxylation is 4. The maximum atomic E-state index is 14.3. The number of hydrogen-bond acceptors (Lipinski definition) is 2. The molecule has 0 amide bonds. The lowest BCUT2D eigenvalue weighted by atomic mass is 9.92. The van der Waals surface area contributed by atoms with Crippen molar-refractivity contribution in [2.75, 3.05) is 0 Å². The van der Waals surface area contributed by atoms with Gasteiger partial charge in [-0.1, -0.05) is 133 Å². The Bertz CT molecular complexity index is 4580. The summed E-state index contributed by atoms with van der Waals surface area (Å²) in [6, 6.07) is 79.4. The summed E-state index contributed by atoms with van der Waals surface area (Å²) in [6.07, 6.45) is -4.65. The first kappa shape index (κ1) is 49.4. The summed E-state index contributed by atoms with van der Waals surface area (Å²) < 4.78 is 47.3. The zero-order valence-corrected chi connectivity index (χ0v) is 44.3. The van der Waals surface area contributed by atoms with E-state index in [0.29, 0.717) is 27.8 Å². The predicted molar refractivity (Wildman–Crippen MR) is 321 cm³/mol. The van der Waals surface area contributed by atoms with Crippen LogP contribution in [0.5, 0.6) is 0 Å². The fourth-order valence-electron chi connectivity index (χ4n) is 12.0. The highest BCUT2D eigenvalue weighted by Gasteiger charge is 2.32. The van der Waals surface area contributed by atoms with E-state index in [9.17, 15) is 23.7 Å². The van der Waals surface area contributed by atoms with Crippen molar-refractivity contribution in [2.24, 2.45) is 0 Å². The summed E-state index contributed by atoms with van der Waals surface area (Å²) in [5.74, 6) is 0. The number of fused-ring (bicyclic) bond motifs is 6. The van der Waals surface area contributed by atoms with Gasteiger partial charge in [-0.2, -0.15) is 23.7 Å². The number of hydrogen-bond donors (Lipinski definition) is 0. The highest BCUT2D eigenvalue weighted by Crippen LogP contribution is 2.46. The molecule has 0 aliphatic carbocycles. The van der Waals surface area contributed by atoms with Crippen molar-refractivity contribution in [2.45, 2.75) is 33.9 Å². The summed E-state index contributed by atoms with van der Waals surface area (Å²) in [5, 5.41) is 25.5. The summed E-state index contributed by atoms with van der Waals surface area (Å²) >= 11 is 0. The van der Waals surface area contributed by atoms with Crippen molar-refractivity contribution in [1.82, 2.24) is 9.13 Å². The molecular formula is C73H49F3N4. The second kappa shape index (κ2) is 19.4. The number of alkyl halides is 3. The molecule has 382 valence electrons. The minimum atomic E-state index is -4.65. The predicted octanol–water partition coefficient (Wildman–Crippen LogP) is 19.9. The highest BCUT2D eigenvalue weighted by atomic mass is 19.4. The molecule has 0 saturated heterocycles. The zero-order valence-electron chi connectivity index (χ0n) is 44.3. The van der Waals surface area contributed by atoms with E-state index in [0.717, 1.165) is 134 Å². The maximum absolute atomic E-state index is 14.3. The third-order valence-electron chi connectivity index (χ3n) is 16.0. The first-order chi connectivity index (χ1) is 38.9. The van der Waals surface area contributed by atoms with Gasteiger partial charge >= 0.3 is 6.18 Å². The summed E-state index contributed by atoms with van der Waals surface area (Å²) in [7, 11) is 0. The van der Waals surface area contributed by atoms with Gasteiger partial charge in [0.1, 0.15) is 0 Å². The van der Waals surface area contributed by atoms with E-state index >= 15 is 0 Å². The molecule has 11 aromatic carbocycles. The molecule has 4 nitrogen and oxygen atoms in total. The summed E-state index contributed by atoms with van der Waals surface area (Å²) in [6.45, 7) is 8.50. The Morgan fingerprint density at radius 1 is 0.325 bits per heavy atom. The van der Waals surface area contributed by atoms with Crippen LogP contribution in [0.15, 0.2) is 224 Å². The SMILES string of the molecule is Cc1ccccc1-c1ccc2c(c1)c1cc(-c3ccccc3C)ccc1n2-c1ccc(C#N)cc1-c1cc(-c2ccc(C(F)(F)F)cc2C#N)ccc1-n1c2ccc(-c3ccccc3C)cc2c2cc(-c3ccccc3C)ccc21. The van der Waals surface area contributed by atoms with Gasteiger partial charge in [0.2, 0.25) is 0 Å². The van der Waals surface area contributed by atoms with Crippen LogP contribution in [0.3, 0.4) is 0 Å². The first-order valence-corrected chi connectivity index (χ1v) is 26.6. The highest BCUT2D eigenvalue weighted by molar-refractivity contribution is 6.14. The minimum absolute atomic E-state index is 0.106. The zero-order chi connectivity index (χ0) is 55.0. The lowest BCUT2D eigenvalue weighted by molar-refractivity contribution is -0.137. The summed E-state index contributed by atoms with van der Waals surface area (Å²) in [4.78, 5) is 0. The van der Waals surface area contributed by atoms with Crippen LogP contribution in [0.1, 0.15) is 38.9 Å². The lowest BCUT2D eigenvalue weighted by Crippen LogP contribution is -2.05. The number of benzene rings is 11. The van der Waals surface area contributed by atoms with Crippen LogP contribution in [0.2, 0.25) is 0 Å². The number of nitrogens with zero attached hydrogens (tertiary/aromatic N) is 4. The van der Waals surface area contributed by atoms with Gasteiger partial charge in [-0.25, -0.2) is 0 Å². The van der Waals surface area contributed by atoms with Crippen molar-refractivity contribution in [3.8, 4) is 90.3 Å². The smallest absolute Gasteiger partial charge is 0.309 e. The van der Waals surface area contributed by atoms with Gasteiger partial charge in [0.15, 0.2) is 0 Å². The molecule has 0 unspecified atom stereocenters. The van der Waals surface area contributed by atoms with E-state index in [2.05, 4.69) is 207 Å². The Hall–Kier alpha value is -10.2. The van der Waals surface area contributed by atoms with Crippen molar-refractivity contribution < 1.29 is 13.2 Å². The first-order valence-electron chi connectivity index (χ1n) is 26.6. The number of aromatic nitrogens is 2. The molecule has 7 heteroatoms. The molecule has 0 atom stereocenters. The van der Waals surface area contributed by atoms with Gasteiger partial charge in [-0.15, -0.1) is 0 Å². The Balaban J connectivity index is 1.13. The molecule has 2 heterocycles. The van der Waals surface area contributed by atoms with Gasteiger partial charge in [-0.3, -0.25) is 0 Å². The molecule has 0 fully saturated rings. The van der Waals surface area contributed by atoms with Crippen LogP contribution in [0.25, 0.3) is 122 Å². The second-order valence-corrected chi connectivity index (χ2v) is 20.8. The quantitative estimate of drug-likeness (QED) is 0.152. The molecule has 2 aromatic heterocycles. The molecule has 0 saturated carbocycles. The molecule has 0 bridgehead atoms. The van der Waals surface area contributed by atoms with Crippen molar-refractivity contribution >= 4 is 43.6 Å². The Morgan fingerprint density at radius 3 is 1.04 bits per heavy atom. The van der Waals surface area contributed by atoms with Crippen LogP contribution in [-0.2, 0) is 6.18 Å². The fourth-order valence-corrected chi connectivity index (χ4v) is 12.0. The monoisotopic (exact) mass is 1040 g/mol. The molecule has 13 aromatic rings. The van der Waals surface area contributed by atoms with Crippen molar-refractivity contribution in [3.63, 3.8) is 0 Å². The standard InChI is InChI=1S/C73H49F3N4/c1-44-13-5-9-17-56(44)49-22-30-69-63(37-49)64-38-50(57-18-10-6-14-45(57)2)23-31-70(64)79(69)67-29-21-48(42-77)35-61(67)62-41-53(60-28-27-55(73(74,75)76)36-54(60)43-78)26-34-68(62)80-71-32-24-51(58-19-11-7-15-46(58)3)39-65(71)66-40-52(25-33-72(66)80)59-20-12-8-16-47(59)4/h5-41H,1-4H3. The van der Waals surface area contributed by atoms with Crippen LogP contribution in [0, 0.1) is 50.4 Å². The van der Waals surface area contributed by atoms with Crippen molar-refractivity contribution in [3.05, 3.63) is 263 Å². The molecule has 80 heavy (non-hydrogen) atoms. The Labute approximate surface area is 461 Å².